The molecule has 3 unspecified atom stereocenters. The molecule has 0 radical (unpaired) electrons. The molecule has 0 spiro atoms. The summed E-state index contributed by atoms with van der Waals surface area (Å²) in [5, 5.41) is 5.61. The standard InChI is InChI=1S/C19H15ClF5N5O2/c1-8-9(21)2-3-13(15(8)19(23,24)25)32-18-14-10(22)5-30(6-11(14)26-7-27-18)12-4-28-29-17(31)16(12)20/h2-4,7-10H,5-6H2,1H3,(H,29,31). The maximum atomic E-state index is 15.2. The third kappa shape index (κ3) is 3.94. The van der Waals surface area contributed by atoms with Crippen LogP contribution >= 0.6 is 11.6 Å². The molecule has 170 valence electrons. The minimum Gasteiger partial charge on any atom is -0.438 e. The van der Waals surface area contributed by atoms with E-state index in [2.05, 4.69) is 20.2 Å². The molecule has 3 heterocycles. The number of ether oxygens (including phenoxy) is 1. The molecular formula is C19H15ClF5N5O2. The van der Waals surface area contributed by atoms with E-state index < -0.39 is 47.2 Å². The Hall–Kier alpha value is -3.02. The summed E-state index contributed by atoms with van der Waals surface area (Å²) in [7, 11) is 0. The van der Waals surface area contributed by atoms with Crippen molar-refractivity contribution in [3.05, 3.63) is 62.6 Å². The predicted octanol–water partition coefficient (Wildman–Crippen LogP) is 3.98. The van der Waals surface area contributed by atoms with E-state index in [1.54, 1.807) is 0 Å². The van der Waals surface area contributed by atoms with Crippen LogP contribution in [0.2, 0.25) is 5.02 Å². The van der Waals surface area contributed by atoms with Gasteiger partial charge in [0.2, 0.25) is 5.88 Å². The Labute approximate surface area is 182 Å². The first kappa shape index (κ1) is 22.2. The molecule has 1 aliphatic carbocycles. The fourth-order valence-electron chi connectivity index (χ4n) is 3.65. The van der Waals surface area contributed by atoms with Crippen LogP contribution < -0.4 is 15.2 Å². The molecule has 2 aromatic rings. The van der Waals surface area contributed by atoms with E-state index in [1.807, 2.05) is 0 Å². The average Bonchev–Trinajstić information content (AvgIpc) is 2.71. The Bertz CT molecular complexity index is 1170. The van der Waals surface area contributed by atoms with Gasteiger partial charge in [-0.1, -0.05) is 18.5 Å². The van der Waals surface area contributed by atoms with Crippen molar-refractivity contribution in [1.29, 1.82) is 0 Å². The van der Waals surface area contributed by atoms with Crippen LogP contribution in [0.5, 0.6) is 5.88 Å². The highest BCUT2D eigenvalue weighted by molar-refractivity contribution is 6.33. The predicted molar refractivity (Wildman–Crippen MR) is 104 cm³/mol. The van der Waals surface area contributed by atoms with Gasteiger partial charge in [-0.25, -0.2) is 23.8 Å². The van der Waals surface area contributed by atoms with Gasteiger partial charge in [0.25, 0.3) is 5.56 Å². The molecule has 0 saturated carbocycles. The molecule has 7 nitrogen and oxygen atoms in total. The quantitative estimate of drug-likeness (QED) is 0.676. The molecular weight excluding hydrogens is 461 g/mol. The van der Waals surface area contributed by atoms with Gasteiger partial charge in [-0.2, -0.15) is 18.3 Å². The second kappa shape index (κ2) is 8.15. The number of allylic oxidation sites excluding steroid dienone is 3. The van der Waals surface area contributed by atoms with Crippen molar-refractivity contribution < 1.29 is 26.7 Å². The van der Waals surface area contributed by atoms with Crippen molar-refractivity contribution in [2.24, 2.45) is 5.92 Å². The minimum atomic E-state index is -4.85. The largest absolute Gasteiger partial charge is 0.438 e. The number of nitrogens with zero attached hydrogens (tertiary/aromatic N) is 4. The lowest BCUT2D eigenvalue weighted by atomic mass is 9.90. The van der Waals surface area contributed by atoms with Crippen LogP contribution in [0.3, 0.4) is 0 Å². The van der Waals surface area contributed by atoms with E-state index in [4.69, 9.17) is 16.3 Å². The van der Waals surface area contributed by atoms with E-state index in [0.29, 0.717) is 0 Å². The zero-order chi connectivity index (χ0) is 23.2. The molecule has 0 aromatic carbocycles. The van der Waals surface area contributed by atoms with E-state index in [-0.39, 0.29) is 35.1 Å². The van der Waals surface area contributed by atoms with Crippen molar-refractivity contribution in [2.75, 3.05) is 11.4 Å². The van der Waals surface area contributed by atoms with Crippen LogP contribution in [0.25, 0.3) is 0 Å². The molecule has 0 bridgehead atoms. The van der Waals surface area contributed by atoms with Gasteiger partial charge in [-0.05, 0) is 12.2 Å². The van der Waals surface area contributed by atoms with Gasteiger partial charge in [0.15, 0.2) is 0 Å². The van der Waals surface area contributed by atoms with Crippen molar-refractivity contribution in [3.8, 4) is 5.88 Å². The normalized spacial score (nSPS) is 23.3. The van der Waals surface area contributed by atoms with E-state index >= 15 is 4.39 Å². The number of aromatic amines is 1. The van der Waals surface area contributed by atoms with Crippen molar-refractivity contribution in [3.63, 3.8) is 0 Å². The van der Waals surface area contributed by atoms with E-state index in [0.717, 1.165) is 25.4 Å². The minimum absolute atomic E-state index is 0.0243. The number of rotatable bonds is 3. The first-order valence-electron chi connectivity index (χ1n) is 9.35. The molecule has 0 amide bonds. The topological polar surface area (TPSA) is 84.0 Å². The maximum Gasteiger partial charge on any atom is 0.416 e. The molecule has 32 heavy (non-hydrogen) atoms. The van der Waals surface area contributed by atoms with Crippen LogP contribution in [0.1, 0.15) is 24.4 Å². The second-order valence-corrected chi connectivity index (χ2v) is 7.63. The van der Waals surface area contributed by atoms with Crippen LogP contribution in [0.15, 0.2) is 40.8 Å². The first-order chi connectivity index (χ1) is 15.1. The second-order valence-electron chi connectivity index (χ2n) is 7.26. The summed E-state index contributed by atoms with van der Waals surface area (Å²) in [6.07, 6.45) is -4.39. The number of nitrogens with one attached hydrogen (secondary N) is 1. The SMILES string of the molecule is CC1C(C(F)(F)F)=C(Oc2ncnc3c2C(F)CN(c2cn[nH]c(=O)c2Cl)C3)C=CC1F. The summed E-state index contributed by atoms with van der Waals surface area (Å²) in [6, 6.07) is 0. The van der Waals surface area contributed by atoms with Crippen molar-refractivity contribution in [2.45, 2.75) is 32.0 Å². The molecule has 2 aliphatic rings. The van der Waals surface area contributed by atoms with Crippen molar-refractivity contribution in [1.82, 2.24) is 20.2 Å². The third-order valence-corrected chi connectivity index (χ3v) is 5.59. The lowest BCUT2D eigenvalue weighted by molar-refractivity contribution is -0.103. The summed E-state index contributed by atoms with van der Waals surface area (Å²) >= 11 is 5.99. The highest BCUT2D eigenvalue weighted by Gasteiger charge is 2.44. The van der Waals surface area contributed by atoms with Crippen LogP contribution in [0.4, 0.5) is 27.6 Å². The van der Waals surface area contributed by atoms with Crippen LogP contribution in [-0.4, -0.2) is 39.1 Å². The molecule has 1 aliphatic heterocycles. The number of alkyl halides is 5. The van der Waals surface area contributed by atoms with Gasteiger partial charge in [-0.15, -0.1) is 0 Å². The van der Waals surface area contributed by atoms with E-state index in [9.17, 15) is 22.4 Å². The molecule has 0 fully saturated rings. The van der Waals surface area contributed by atoms with Gasteiger partial charge < -0.3 is 9.64 Å². The monoisotopic (exact) mass is 475 g/mol. The highest BCUT2D eigenvalue weighted by atomic mass is 35.5. The Morgan fingerprint density at radius 3 is 2.75 bits per heavy atom. The fraction of sp³-hybridized carbons (Fsp3) is 0.368. The average molecular weight is 476 g/mol. The Kier molecular flexibility index (Phi) is 5.65. The lowest BCUT2D eigenvalue weighted by Crippen LogP contribution is -2.35. The number of H-pyrrole nitrogens is 1. The van der Waals surface area contributed by atoms with Gasteiger partial charge in [-0.3, -0.25) is 4.79 Å². The number of hydrogen-bond acceptors (Lipinski definition) is 6. The highest BCUT2D eigenvalue weighted by Crippen LogP contribution is 2.42. The van der Waals surface area contributed by atoms with Crippen LogP contribution in [-0.2, 0) is 6.54 Å². The van der Waals surface area contributed by atoms with Crippen LogP contribution in [0, 0.1) is 5.92 Å². The number of hydrogen-bond donors (Lipinski definition) is 1. The number of aromatic nitrogens is 4. The summed E-state index contributed by atoms with van der Waals surface area (Å²) < 4.78 is 75.0. The summed E-state index contributed by atoms with van der Waals surface area (Å²) in [4.78, 5) is 20.9. The fourth-order valence-corrected chi connectivity index (χ4v) is 3.86. The third-order valence-electron chi connectivity index (χ3n) is 5.22. The maximum absolute atomic E-state index is 15.2. The van der Waals surface area contributed by atoms with Gasteiger partial charge >= 0.3 is 6.18 Å². The number of halogens is 6. The zero-order valence-corrected chi connectivity index (χ0v) is 17.1. The van der Waals surface area contributed by atoms with E-state index in [1.165, 1.54) is 11.1 Å². The Morgan fingerprint density at radius 1 is 1.28 bits per heavy atom. The summed E-state index contributed by atoms with van der Waals surface area (Å²) in [6.45, 7) is 0.764. The Morgan fingerprint density at radius 2 is 2.03 bits per heavy atom. The molecule has 4 rings (SSSR count). The molecule has 3 atom stereocenters. The number of fused-ring (bicyclic) bond motifs is 1. The lowest BCUT2D eigenvalue weighted by Gasteiger charge is -2.33. The number of anilines is 1. The molecule has 0 saturated heterocycles. The molecule has 1 N–H and O–H groups in total. The summed E-state index contributed by atoms with van der Waals surface area (Å²) in [5.74, 6) is -2.56. The molecule has 2 aromatic heterocycles. The van der Waals surface area contributed by atoms with Gasteiger partial charge in [0.1, 0.15) is 29.5 Å². The van der Waals surface area contributed by atoms with Gasteiger partial charge in [0, 0.05) is 5.92 Å². The van der Waals surface area contributed by atoms with Gasteiger partial charge in [0.05, 0.1) is 41.8 Å². The smallest absolute Gasteiger partial charge is 0.416 e. The summed E-state index contributed by atoms with van der Waals surface area (Å²) in [5.41, 5.74) is -1.68. The zero-order valence-electron chi connectivity index (χ0n) is 16.3. The molecule has 13 heteroatoms. The van der Waals surface area contributed by atoms with Crippen molar-refractivity contribution >= 4 is 17.3 Å². The Balaban J connectivity index is 1.71. The first-order valence-corrected chi connectivity index (χ1v) is 9.73.